The zero-order valence-electron chi connectivity index (χ0n) is 15.2. The highest BCUT2D eigenvalue weighted by atomic mass is 35.5. The molecule has 0 N–H and O–H groups in total. The van der Waals surface area contributed by atoms with Crippen LogP contribution in [0.25, 0.3) is 16.0 Å². The first-order chi connectivity index (χ1) is 13.6. The SMILES string of the molecule is Cc1ccnc2nc(C(=O)N3CCC(c4nc5cc(Cl)ccc5s4)CC3)nn12. The van der Waals surface area contributed by atoms with Gasteiger partial charge in [-0.1, -0.05) is 11.6 Å². The number of amides is 1. The topological polar surface area (TPSA) is 76.3 Å². The molecule has 1 aliphatic heterocycles. The molecule has 28 heavy (non-hydrogen) atoms. The molecule has 0 atom stereocenters. The highest BCUT2D eigenvalue weighted by Gasteiger charge is 2.28. The Morgan fingerprint density at radius 1 is 1.21 bits per heavy atom. The number of piperidine rings is 1. The third-order valence-corrected chi connectivity index (χ3v) is 6.55. The smallest absolute Gasteiger partial charge is 0.293 e. The van der Waals surface area contributed by atoms with Gasteiger partial charge >= 0.3 is 0 Å². The second kappa shape index (κ2) is 6.79. The van der Waals surface area contributed by atoms with Gasteiger partial charge in [0.2, 0.25) is 5.82 Å². The first-order valence-electron chi connectivity index (χ1n) is 9.12. The number of carbonyl (C=O) groups is 1. The first kappa shape index (κ1) is 17.5. The van der Waals surface area contributed by atoms with Crippen LogP contribution in [-0.2, 0) is 0 Å². The Kier molecular flexibility index (Phi) is 4.25. The van der Waals surface area contributed by atoms with Gasteiger partial charge in [-0.05, 0) is 44.0 Å². The summed E-state index contributed by atoms with van der Waals surface area (Å²) in [7, 11) is 0. The van der Waals surface area contributed by atoms with E-state index in [1.54, 1.807) is 22.0 Å². The summed E-state index contributed by atoms with van der Waals surface area (Å²) < 4.78 is 2.75. The molecule has 0 aliphatic carbocycles. The summed E-state index contributed by atoms with van der Waals surface area (Å²) >= 11 is 7.78. The van der Waals surface area contributed by atoms with E-state index in [9.17, 15) is 4.79 Å². The van der Waals surface area contributed by atoms with Gasteiger partial charge in [-0.25, -0.2) is 14.5 Å². The van der Waals surface area contributed by atoms with Gasteiger partial charge in [0, 0.05) is 35.9 Å². The summed E-state index contributed by atoms with van der Waals surface area (Å²) in [6, 6.07) is 7.65. The van der Waals surface area contributed by atoms with Crippen molar-refractivity contribution in [2.24, 2.45) is 0 Å². The zero-order valence-corrected chi connectivity index (χ0v) is 16.7. The number of aryl methyl sites for hydroxylation is 1. The van der Waals surface area contributed by atoms with Gasteiger partial charge in [0.1, 0.15) is 0 Å². The van der Waals surface area contributed by atoms with E-state index in [2.05, 4.69) is 15.1 Å². The molecule has 0 bridgehead atoms. The Hall–Kier alpha value is -2.58. The molecule has 0 spiro atoms. The van der Waals surface area contributed by atoms with E-state index < -0.39 is 0 Å². The Balaban J connectivity index is 1.31. The van der Waals surface area contributed by atoms with E-state index in [1.807, 2.05) is 36.1 Å². The molecule has 9 heteroatoms. The maximum Gasteiger partial charge on any atom is 0.293 e. The van der Waals surface area contributed by atoms with Gasteiger partial charge in [-0.15, -0.1) is 16.4 Å². The lowest BCUT2D eigenvalue weighted by molar-refractivity contribution is 0.0701. The molecule has 1 fully saturated rings. The monoisotopic (exact) mass is 412 g/mol. The van der Waals surface area contributed by atoms with E-state index in [-0.39, 0.29) is 11.7 Å². The summed E-state index contributed by atoms with van der Waals surface area (Å²) in [4.78, 5) is 27.9. The van der Waals surface area contributed by atoms with Crippen LogP contribution in [0.15, 0.2) is 30.5 Å². The maximum atomic E-state index is 12.8. The second-order valence-electron chi connectivity index (χ2n) is 6.96. The van der Waals surface area contributed by atoms with E-state index in [1.165, 1.54) is 0 Å². The summed E-state index contributed by atoms with van der Waals surface area (Å²) in [5.41, 5.74) is 1.84. The van der Waals surface area contributed by atoms with Crippen LogP contribution in [-0.4, -0.2) is 48.5 Å². The molecule has 4 aromatic rings. The fraction of sp³-hybridized carbons (Fsp3) is 0.316. The molecule has 1 aromatic carbocycles. The number of aromatic nitrogens is 5. The van der Waals surface area contributed by atoms with Crippen molar-refractivity contribution < 1.29 is 4.79 Å². The van der Waals surface area contributed by atoms with Crippen molar-refractivity contribution in [3.63, 3.8) is 0 Å². The van der Waals surface area contributed by atoms with Crippen LogP contribution >= 0.6 is 22.9 Å². The second-order valence-corrected chi connectivity index (χ2v) is 8.46. The zero-order chi connectivity index (χ0) is 19.3. The van der Waals surface area contributed by atoms with Crippen molar-refractivity contribution in [3.8, 4) is 0 Å². The summed E-state index contributed by atoms with van der Waals surface area (Å²) in [5, 5.41) is 6.15. The highest BCUT2D eigenvalue weighted by molar-refractivity contribution is 7.18. The molecule has 7 nitrogen and oxygen atoms in total. The molecule has 0 radical (unpaired) electrons. The van der Waals surface area contributed by atoms with Gasteiger partial charge in [-0.2, -0.15) is 4.98 Å². The first-order valence-corrected chi connectivity index (χ1v) is 10.3. The van der Waals surface area contributed by atoms with E-state index in [0.29, 0.717) is 29.8 Å². The number of halogens is 1. The average Bonchev–Trinajstić information content (AvgIpc) is 3.32. The largest absolute Gasteiger partial charge is 0.336 e. The van der Waals surface area contributed by atoms with Crippen molar-refractivity contribution in [1.29, 1.82) is 0 Å². The molecule has 3 aromatic heterocycles. The number of nitrogens with zero attached hydrogens (tertiary/aromatic N) is 6. The minimum atomic E-state index is -0.139. The summed E-state index contributed by atoms with van der Waals surface area (Å²) in [6.45, 7) is 3.25. The average molecular weight is 413 g/mol. The van der Waals surface area contributed by atoms with Gasteiger partial charge in [0.15, 0.2) is 0 Å². The Bertz CT molecular complexity index is 1190. The molecule has 5 rings (SSSR count). The standard InChI is InChI=1S/C19H17ClN6OS/c1-11-4-7-21-19-23-16(24-26(11)19)18(27)25-8-5-12(6-9-25)17-22-14-10-13(20)2-3-15(14)28-17/h2-4,7,10,12H,5-6,8-9H2,1H3. The minimum Gasteiger partial charge on any atom is -0.336 e. The highest BCUT2D eigenvalue weighted by Crippen LogP contribution is 2.34. The number of likely N-dealkylation sites (tertiary alicyclic amines) is 1. The van der Waals surface area contributed by atoms with E-state index >= 15 is 0 Å². The number of carbonyl (C=O) groups excluding carboxylic acids is 1. The van der Waals surface area contributed by atoms with Crippen LogP contribution in [0.3, 0.4) is 0 Å². The summed E-state index contributed by atoms with van der Waals surface area (Å²) in [6.07, 6.45) is 3.43. The van der Waals surface area contributed by atoms with Crippen LogP contribution in [0, 0.1) is 6.92 Å². The predicted molar refractivity (Wildman–Crippen MR) is 108 cm³/mol. The Labute approximate surface area is 170 Å². The third kappa shape index (κ3) is 3.02. The van der Waals surface area contributed by atoms with Gasteiger partial charge in [0.25, 0.3) is 11.7 Å². The van der Waals surface area contributed by atoms with Crippen molar-refractivity contribution in [2.75, 3.05) is 13.1 Å². The van der Waals surface area contributed by atoms with Gasteiger partial charge in [-0.3, -0.25) is 4.79 Å². The quantitative estimate of drug-likeness (QED) is 0.501. The molecular weight excluding hydrogens is 396 g/mol. The lowest BCUT2D eigenvalue weighted by atomic mass is 9.97. The third-order valence-electron chi connectivity index (χ3n) is 5.12. The number of thiazole rings is 1. The van der Waals surface area contributed by atoms with Crippen LogP contribution in [0.2, 0.25) is 5.02 Å². The van der Waals surface area contributed by atoms with Gasteiger partial charge < -0.3 is 4.90 Å². The fourth-order valence-corrected chi connectivity index (χ4v) is 4.84. The van der Waals surface area contributed by atoms with Crippen LogP contribution in [0.5, 0.6) is 0 Å². The fourth-order valence-electron chi connectivity index (χ4n) is 3.56. The molecule has 1 amide bonds. The molecule has 0 unspecified atom stereocenters. The van der Waals surface area contributed by atoms with Crippen molar-refractivity contribution in [1.82, 2.24) is 29.5 Å². The van der Waals surface area contributed by atoms with Gasteiger partial charge in [0.05, 0.1) is 15.2 Å². The van der Waals surface area contributed by atoms with Crippen LogP contribution in [0.1, 0.15) is 40.1 Å². The predicted octanol–water partition coefficient (Wildman–Crippen LogP) is 3.72. The number of hydrogen-bond acceptors (Lipinski definition) is 6. The molecule has 1 aliphatic rings. The molecule has 4 heterocycles. The van der Waals surface area contributed by atoms with Crippen molar-refractivity contribution >= 4 is 44.8 Å². The Morgan fingerprint density at radius 2 is 2.04 bits per heavy atom. The molecule has 0 saturated carbocycles. The van der Waals surface area contributed by atoms with Crippen molar-refractivity contribution in [3.05, 3.63) is 52.0 Å². The maximum absolute atomic E-state index is 12.8. The lowest BCUT2D eigenvalue weighted by Crippen LogP contribution is -2.38. The van der Waals surface area contributed by atoms with E-state index in [0.717, 1.165) is 33.8 Å². The molecule has 142 valence electrons. The number of benzene rings is 1. The van der Waals surface area contributed by atoms with Crippen LogP contribution < -0.4 is 0 Å². The number of fused-ring (bicyclic) bond motifs is 2. The number of hydrogen-bond donors (Lipinski definition) is 0. The van der Waals surface area contributed by atoms with E-state index in [4.69, 9.17) is 16.6 Å². The normalized spacial score (nSPS) is 15.6. The minimum absolute atomic E-state index is 0.139. The van der Waals surface area contributed by atoms with Crippen molar-refractivity contribution in [2.45, 2.75) is 25.7 Å². The molecule has 1 saturated heterocycles. The van der Waals surface area contributed by atoms with Crippen LogP contribution in [0.4, 0.5) is 0 Å². The lowest BCUT2D eigenvalue weighted by Gasteiger charge is -2.30. The Morgan fingerprint density at radius 3 is 2.82 bits per heavy atom. The number of rotatable bonds is 2. The molecular formula is C19H17ClN6OS. The summed E-state index contributed by atoms with van der Waals surface area (Å²) in [5.74, 6) is 0.874.